The minimum atomic E-state index is -0.206. The number of carbonyl (C=O) groups excluding carboxylic acids is 1. The van der Waals surface area contributed by atoms with E-state index in [0.29, 0.717) is 12.0 Å². The summed E-state index contributed by atoms with van der Waals surface area (Å²) in [7, 11) is 0. The van der Waals surface area contributed by atoms with Crippen molar-refractivity contribution in [3.63, 3.8) is 0 Å². The van der Waals surface area contributed by atoms with Crippen molar-refractivity contribution in [2.24, 2.45) is 0 Å². The Morgan fingerprint density at radius 3 is 3.08 bits per heavy atom. The molecule has 0 saturated carbocycles. The average molecular weight is 320 g/mol. The van der Waals surface area contributed by atoms with E-state index < -0.39 is 0 Å². The minimum Gasteiger partial charge on any atom is -0.349 e. The number of aromatic nitrogens is 3. The molecule has 0 bridgehead atoms. The molecule has 0 spiro atoms. The first-order valence-corrected chi connectivity index (χ1v) is 7.92. The fourth-order valence-electron chi connectivity index (χ4n) is 3.15. The van der Waals surface area contributed by atoms with Crippen LogP contribution in [0.2, 0.25) is 0 Å². The first-order valence-electron chi connectivity index (χ1n) is 7.92. The lowest BCUT2D eigenvalue weighted by atomic mass is 9.92. The zero-order valence-electron chi connectivity index (χ0n) is 13.0. The Kier molecular flexibility index (Phi) is 3.57. The third-order valence-electron chi connectivity index (χ3n) is 4.37. The van der Waals surface area contributed by atoms with Gasteiger partial charge in [-0.2, -0.15) is 5.10 Å². The number of carbonyl (C=O) groups is 1. The Balaban J connectivity index is 1.52. The number of rotatable bonds is 2. The Bertz CT molecular complexity index is 980. The molecule has 1 atom stereocenters. The lowest BCUT2D eigenvalue weighted by molar-refractivity contribution is 0.0933. The standard InChI is InChI=1S/C18H16N4O2/c23-17-10-13-9-14(4-6-16(13)21-22-17)20-18(24)12-3-5-15-11(8-12)2-1-7-19-15/h1-3,5,7-8,10,14H,4,6,9H2,(H,20,24)(H,22,23)/t14-/m0/s1. The average Bonchev–Trinajstić information content (AvgIpc) is 2.61. The normalized spacial score (nSPS) is 16.6. The van der Waals surface area contributed by atoms with Crippen molar-refractivity contribution in [3.05, 3.63) is 69.8 Å². The molecule has 24 heavy (non-hydrogen) atoms. The quantitative estimate of drug-likeness (QED) is 0.751. The van der Waals surface area contributed by atoms with Crippen molar-refractivity contribution in [2.45, 2.75) is 25.3 Å². The van der Waals surface area contributed by atoms with Crippen LogP contribution < -0.4 is 10.9 Å². The third kappa shape index (κ3) is 2.78. The van der Waals surface area contributed by atoms with E-state index in [0.717, 1.165) is 35.0 Å². The van der Waals surface area contributed by atoms with Crippen molar-refractivity contribution in [1.82, 2.24) is 20.5 Å². The van der Waals surface area contributed by atoms with E-state index in [2.05, 4.69) is 20.5 Å². The van der Waals surface area contributed by atoms with Crippen LogP contribution in [0.4, 0.5) is 0 Å². The number of pyridine rings is 1. The topological polar surface area (TPSA) is 87.7 Å². The van der Waals surface area contributed by atoms with Gasteiger partial charge in [-0.05, 0) is 49.1 Å². The van der Waals surface area contributed by atoms with Crippen LogP contribution >= 0.6 is 0 Å². The molecule has 1 amide bonds. The van der Waals surface area contributed by atoms with Crippen LogP contribution in [0.25, 0.3) is 10.9 Å². The van der Waals surface area contributed by atoms with Crippen molar-refractivity contribution >= 4 is 16.8 Å². The van der Waals surface area contributed by atoms with Crippen LogP contribution in [0.1, 0.15) is 28.0 Å². The van der Waals surface area contributed by atoms with Crippen LogP contribution in [-0.2, 0) is 12.8 Å². The van der Waals surface area contributed by atoms with Gasteiger partial charge in [-0.3, -0.25) is 14.6 Å². The summed E-state index contributed by atoms with van der Waals surface area (Å²) in [5.41, 5.74) is 3.11. The highest BCUT2D eigenvalue weighted by Gasteiger charge is 2.22. The van der Waals surface area contributed by atoms with Gasteiger partial charge in [0.1, 0.15) is 0 Å². The molecule has 0 unspecified atom stereocenters. The van der Waals surface area contributed by atoms with E-state index in [1.165, 1.54) is 0 Å². The molecule has 0 aliphatic heterocycles. The number of nitrogens with zero attached hydrogens (tertiary/aromatic N) is 2. The monoisotopic (exact) mass is 320 g/mol. The van der Waals surface area contributed by atoms with E-state index >= 15 is 0 Å². The zero-order valence-corrected chi connectivity index (χ0v) is 13.0. The SMILES string of the molecule is O=C(N[C@H]1CCc2n[nH]c(=O)cc2C1)c1ccc2ncccc2c1. The number of hydrogen-bond acceptors (Lipinski definition) is 4. The smallest absolute Gasteiger partial charge is 0.264 e. The van der Waals surface area contributed by atoms with Gasteiger partial charge < -0.3 is 5.32 Å². The number of hydrogen-bond donors (Lipinski definition) is 2. The molecule has 6 nitrogen and oxygen atoms in total. The highest BCUT2D eigenvalue weighted by Crippen LogP contribution is 2.19. The van der Waals surface area contributed by atoms with Gasteiger partial charge in [0, 0.05) is 29.3 Å². The largest absolute Gasteiger partial charge is 0.349 e. The highest BCUT2D eigenvalue weighted by molar-refractivity contribution is 5.98. The molecule has 6 heteroatoms. The number of aromatic amines is 1. The van der Waals surface area contributed by atoms with Gasteiger partial charge in [0.15, 0.2) is 0 Å². The Morgan fingerprint density at radius 1 is 1.25 bits per heavy atom. The van der Waals surface area contributed by atoms with Crippen LogP contribution in [0.3, 0.4) is 0 Å². The molecule has 2 aromatic heterocycles. The number of nitrogens with one attached hydrogen (secondary N) is 2. The Labute approximate surface area is 137 Å². The summed E-state index contributed by atoms with van der Waals surface area (Å²) in [4.78, 5) is 28.2. The second-order valence-corrected chi connectivity index (χ2v) is 6.03. The maximum absolute atomic E-state index is 12.5. The van der Waals surface area contributed by atoms with Crippen molar-refractivity contribution in [3.8, 4) is 0 Å². The maximum Gasteiger partial charge on any atom is 0.264 e. The third-order valence-corrected chi connectivity index (χ3v) is 4.37. The molecule has 2 N–H and O–H groups in total. The van der Waals surface area contributed by atoms with Crippen molar-refractivity contribution in [1.29, 1.82) is 0 Å². The van der Waals surface area contributed by atoms with Crippen LogP contribution in [0.15, 0.2) is 47.4 Å². The molecule has 2 heterocycles. The first-order chi connectivity index (χ1) is 11.7. The van der Waals surface area contributed by atoms with Crippen LogP contribution in [-0.4, -0.2) is 27.1 Å². The Hall–Kier alpha value is -3.02. The summed E-state index contributed by atoms with van der Waals surface area (Å²) in [6.45, 7) is 0. The predicted octanol–water partition coefficient (Wildman–Crippen LogP) is 1.61. The van der Waals surface area contributed by atoms with Gasteiger partial charge >= 0.3 is 0 Å². The molecule has 0 fully saturated rings. The van der Waals surface area contributed by atoms with E-state index in [4.69, 9.17) is 0 Å². The number of aryl methyl sites for hydroxylation is 1. The van der Waals surface area contributed by atoms with E-state index in [1.54, 1.807) is 18.3 Å². The van der Waals surface area contributed by atoms with Crippen LogP contribution in [0.5, 0.6) is 0 Å². The molecule has 0 radical (unpaired) electrons. The minimum absolute atomic E-state index is 0.0122. The lowest BCUT2D eigenvalue weighted by Gasteiger charge is -2.24. The number of H-pyrrole nitrogens is 1. The van der Waals surface area contributed by atoms with Crippen molar-refractivity contribution in [2.75, 3.05) is 0 Å². The maximum atomic E-state index is 12.5. The molecule has 1 aromatic carbocycles. The van der Waals surface area contributed by atoms with Crippen LogP contribution in [0, 0.1) is 0 Å². The summed E-state index contributed by atoms with van der Waals surface area (Å²) in [5, 5.41) is 10.5. The Morgan fingerprint density at radius 2 is 2.17 bits per heavy atom. The summed E-state index contributed by atoms with van der Waals surface area (Å²) < 4.78 is 0. The molecule has 120 valence electrons. The molecule has 0 saturated heterocycles. The number of benzene rings is 1. The van der Waals surface area contributed by atoms with Gasteiger partial charge in [0.05, 0.1) is 11.2 Å². The summed E-state index contributed by atoms with van der Waals surface area (Å²) in [6, 6.07) is 10.9. The second kappa shape index (κ2) is 5.88. The number of fused-ring (bicyclic) bond motifs is 2. The first kappa shape index (κ1) is 14.6. The van der Waals surface area contributed by atoms with Gasteiger partial charge in [-0.15, -0.1) is 0 Å². The zero-order chi connectivity index (χ0) is 16.5. The summed E-state index contributed by atoms with van der Waals surface area (Å²) >= 11 is 0. The van der Waals surface area contributed by atoms with E-state index in [1.807, 2.05) is 24.3 Å². The molecular formula is C18H16N4O2. The van der Waals surface area contributed by atoms with Gasteiger partial charge in [0.25, 0.3) is 11.5 Å². The molecule has 1 aliphatic carbocycles. The van der Waals surface area contributed by atoms with E-state index in [9.17, 15) is 9.59 Å². The van der Waals surface area contributed by atoms with E-state index in [-0.39, 0.29) is 17.5 Å². The van der Waals surface area contributed by atoms with Gasteiger partial charge in [-0.1, -0.05) is 6.07 Å². The van der Waals surface area contributed by atoms with Gasteiger partial charge in [-0.25, -0.2) is 5.10 Å². The molecule has 3 aromatic rings. The fraction of sp³-hybridized carbons (Fsp3) is 0.222. The predicted molar refractivity (Wildman–Crippen MR) is 89.9 cm³/mol. The molecule has 1 aliphatic rings. The summed E-state index contributed by atoms with van der Waals surface area (Å²) in [6.07, 6.45) is 3.93. The molecule has 4 rings (SSSR count). The lowest BCUT2D eigenvalue weighted by Crippen LogP contribution is -2.39. The number of amides is 1. The fourth-order valence-corrected chi connectivity index (χ4v) is 3.15. The summed E-state index contributed by atoms with van der Waals surface area (Å²) in [5.74, 6) is -0.105. The molecular weight excluding hydrogens is 304 g/mol. The van der Waals surface area contributed by atoms with Crippen molar-refractivity contribution < 1.29 is 4.79 Å². The highest BCUT2D eigenvalue weighted by atomic mass is 16.1. The van der Waals surface area contributed by atoms with Gasteiger partial charge in [0.2, 0.25) is 0 Å². The second-order valence-electron chi connectivity index (χ2n) is 6.03.